The first-order valence-electron chi connectivity index (χ1n) is 11.6. The number of nitrogens with one attached hydrogen (secondary N) is 1. The number of carbonyl (C=O) groups excluding carboxylic acids is 4. The molecule has 0 saturated carbocycles. The number of amides is 3. The summed E-state index contributed by atoms with van der Waals surface area (Å²) in [4.78, 5) is 54.5. The summed E-state index contributed by atoms with van der Waals surface area (Å²) < 4.78 is 10.4. The van der Waals surface area contributed by atoms with Gasteiger partial charge in [0.2, 0.25) is 12.3 Å². The molecule has 3 rings (SSSR count). The van der Waals surface area contributed by atoms with E-state index in [0.29, 0.717) is 12.1 Å². The second-order valence-corrected chi connectivity index (χ2v) is 10.7. The van der Waals surface area contributed by atoms with Gasteiger partial charge >= 0.3 is 12.1 Å². The molecule has 0 radical (unpaired) electrons. The van der Waals surface area contributed by atoms with Gasteiger partial charge in [-0.15, -0.1) is 6.58 Å². The molecule has 0 aromatic heterocycles. The van der Waals surface area contributed by atoms with Gasteiger partial charge < -0.3 is 14.8 Å². The average molecular weight is 486 g/mol. The third-order valence-electron chi connectivity index (χ3n) is 7.08. The molecule has 9 heteroatoms. The molecule has 190 valence electrons. The van der Waals surface area contributed by atoms with Crippen LogP contribution in [-0.2, 0) is 29.3 Å². The van der Waals surface area contributed by atoms with Crippen LogP contribution in [0.1, 0.15) is 53.5 Å². The quantitative estimate of drug-likeness (QED) is 0.377. The lowest BCUT2D eigenvalue weighted by Crippen LogP contribution is -2.59. The van der Waals surface area contributed by atoms with Crippen molar-refractivity contribution in [2.75, 3.05) is 12.0 Å². The minimum atomic E-state index is -1.02. The van der Waals surface area contributed by atoms with E-state index in [1.54, 1.807) is 26.8 Å². The van der Waals surface area contributed by atoms with Gasteiger partial charge in [0.25, 0.3) is 0 Å². The van der Waals surface area contributed by atoms with Crippen LogP contribution in [0.2, 0.25) is 0 Å². The van der Waals surface area contributed by atoms with Crippen molar-refractivity contribution in [2.45, 2.75) is 77.2 Å². The fourth-order valence-corrected chi connectivity index (χ4v) is 5.29. The van der Waals surface area contributed by atoms with Crippen LogP contribution in [0, 0.1) is 5.41 Å². The number of rotatable bonds is 6. The number of benzene rings is 1. The lowest BCUT2D eigenvalue weighted by atomic mass is 9.60. The van der Waals surface area contributed by atoms with Gasteiger partial charge in [-0.25, -0.2) is 9.59 Å². The van der Waals surface area contributed by atoms with E-state index in [1.165, 1.54) is 23.8 Å². The molecule has 0 unspecified atom stereocenters. The first kappa shape index (κ1) is 26.2. The molecule has 9 nitrogen and oxygen atoms in total. The predicted octanol–water partition coefficient (Wildman–Crippen LogP) is 3.13. The highest BCUT2D eigenvalue weighted by Gasteiger charge is 2.68. The Morgan fingerprint density at radius 1 is 1.20 bits per heavy atom. The zero-order valence-corrected chi connectivity index (χ0v) is 21.5. The Kier molecular flexibility index (Phi) is 6.76. The van der Waals surface area contributed by atoms with E-state index in [4.69, 9.17) is 9.47 Å². The number of fused-ring (bicyclic) bond motifs is 3. The molecule has 1 saturated heterocycles. The molecule has 2 heterocycles. The van der Waals surface area contributed by atoms with Crippen molar-refractivity contribution in [2.24, 2.45) is 5.41 Å². The molecule has 1 aromatic rings. The fraction of sp³-hybridized carbons (Fsp3) is 0.538. The molecule has 4 atom stereocenters. The monoisotopic (exact) mass is 485 g/mol. The summed E-state index contributed by atoms with van der Waals surface area (Å²) in [6, 6.07) is 5.50. The molecule has 1 aromatic carbocycles. The lowest BCUT2D eigenvalue weighted by molar-refractivity contribution is -0.145. The number of carbonyl (C=O) groups is 4. The zero-order valence-electron chi connectivity index (χ0n) is 21.5. The standard InChI is InChI=1S/C26H35N3O6/c1-9-25(6,7)26-14-19(20(31)27-16(2)21(32)34-8)29(23(33)35-24(3,4)5)22(26)28(15-30)18-13-11-10-12-17(18)26/h9-13,15-16,19,22H,1,14H2,2-8H3,(H,27,31)/t16-,19+,22+,26-/m1/s1. The summed E-state index contributed by atoms with van der Waals surface area (Å²) in [5.74, 6) is -1.15. The van der Waals surface area contributed by atoms with E-state index < -0.39 is 52.7 Å². The number of hydrogen-bond acceptors (Lipinski definition) is 6. The van der Waals surface area contributed by atoms with Crippen LogP contribution >= 0.6 is 0 Å². The maximum atomic E-state index is 13.6. The Hall–Kier alpha value is -3.36. The minimum Gasteiger partial charge on any atom is -0.467 e. The average Bonchev–Trinajstić information content (AvgIpc) is 3.29. The molecule has 0 bridgehead atoms. The van der Waals surface area contributed by atoms with Crippen molar-refractivity contribution in [1.29, 1.82) is 0 Å². The van der Waals surface area contributed by atoms with Crippen LogP contribution in [-0.4, -0.2) is 60.2 Å². The number of methoxy groups -OCH3 is 1. The Balaban J connectivity index is 2.22. The number of ether oxygens (including phenoxy) is 2. The molecule has 2 aliphatic rings. The molecule has 1 N–H and O–H groups in total. The van der Waals surface area contributed by atoms with Crippen LogP contribution in [0.3, 0.4) is 0 Å². The van der Waals surface area contributed by atoms with Crippen LogP contribution < -0.4 is 10.2 Å². The summed E-state index contributed by atoms with van der Waals surface area (Å²) in [7, 11) is 1.23. The fourth-order valence-electron chi connectivity index (χ4n) is 5.29. The number of hydrogen-bond donors (Lipinski definition) is 1. The lowest BCUT2D eigenvalue weighted by Gasteiger charge is -2.44. The van der Waals surface area contributed by atoms with Crippen molar-refractivity contribution in [1.82, 2.24) is 10.2 Å². The van der Waals surface area contributed by atoms with Crippen LogP contribution in [0.15, 0.2) is 36.9 Å². The van der Waals surface area contributed by atoms with E-state index in [2.05, 4.69) is 11.9 Å². The summed E-state index contributed by atoms with van der Waals surface area (Å²) >= 11 is 0. The van der Waals surface area contributed by atoms with Crippen LogP contribution in [0.5, 0.6) is 0 Å². The first-order chi connectivity index (χ1) is 16.3. The van der Waals surface area contributed by atoms with E-state index in [-0.39, 0.29) is 6.42 Å². The second-order valence-electron chi connectivity index (χ2n) is 10.7. The Morgan fingerprint density at radius 2 is 1.83 bits per heavy atom. The predicted molar refractivity (Wildman–Crippen MR) is 131 cm³/mol. The molecule has 3 amide bonds. The third-order valence-corrected chi connectivity index (χ3v) is 7.08. The normalized spacial score (nSPS) is 24.2. The molecule has 1 fully saturated rings. The van der Waals surface area contributed by atoms with Crippen molar-refractivity contribution in [3.8, 4) is 0 Å². The first-order valence-corrected chi connectivity index (χ1v) is 11.6. The van der Waals surface area contributed by atoms with Gasteiger partial charge in [0.1, 0.15) is 23.9 Å². The van der Waals surface area contributed by atoms with Gasteiger partial charge in [0.05, 0.1) is 7.11 Å². The highest BCUT2D eigenvalue weighted by Crippen LogP contribution is 2.62. The molecular weight excluding hydrogens is 450 g/mol. The number of anilines is 1. The van der Waals surface area contributed by atoms with Crippen LogP contribution in [0.25, 0.3) is 0 Å². The van der Waals surface area contributed by atoms with Gasteiger partial charge in [-0.3, -0.25) is 19.4 Å². The van der Waals surface area contributed by atoms with E-state index >= 15 is 0 Å². The van der Waals surface area contributed by atoms with Gasteiger partial charge in [-0.2, -0.15) is 0 Å². The molecule has 0 spiro atoms. The van der Waals surface area contributed by atoms with Crippen molar-refractivity contribution < 1.29 is 28.7 Å². The molecular formula is C26H35N3O6. The summed E-state index contributed by atoms with van der Waals surface area (Å²) in [6.07, 6.45) is 1.09. The third kappa shape index (κ3) is 4.17. The summed E-state index contributed by atoms with van der Waals surface area (Å²) in [5, 5.41) is 2.66. The van der Waals surface area contributed by atoms with E-state index in [9.17, 15) is 19.2 Å². The molecule has 2 aliphatic heterocycles. The van der Waals surface area contributed by atoms with Crippen molar-refractivity contribution in [3.63, 3.8) is 0 Å². The van der Waals surface area contributed by atoms with Gasteiger partial charge in [0, 0.05) is 11.1 Å². The number of para-hydroxylation sites is 1. The summed E-state index contributed by atoms with van der Waals surface area (Å²) in [5.41, 5.74) is -0.840. The van der Waals surface area contributed by atoms with E-state index in [1.807, 2.05) is 38.1 Å². The van der Waals surface area contributed by atoms with Crippen molar-refractivity contribution in [3.05, 3.63) is 42.5 Å². The number of likely N-dealkylation sites (tertiary alicyclic amines) is 1. The summed E-state index contributed by atoms with van der Waals surface area (Å²) in [6.45, 7) is 14.7. The Labute approximate surface area is 206 Å². The van der Waals surface area contributed by atoms with E-state index in [0.717, 1.165) is 5.56 Å². The molecule has 35 heavy (non-hydrogen) atoms. The van der Waals surface area contributed by atoms with Gasteiger partial charge in [-0.05, 0) is 51.2 Å². The largest absolute Gasteiger partial charge is 0.467 e. The van der Waals surface area contributed by atoms with Crippen molar-refractivity contribution >= 4 is 30.1 Å². The number of esters is 1. The molecule has 0 aliphatic carbocycles. The zero-order chi connectivity index (χ0) is 26.3. The Morgan fingerprint density at radius 3 is 2.37 bits per heavy atom. The maximum absolute atomic E-state index is 13.6. The minimum absolute atomic E-state index is 0.191. The highest BCUT2D eigenvalue weighted by atomic mass is 16.6. The topological polar surface area (TPSA) is 105 Å². The number of allylic oxidation sites excluding steroid dienone is 1. The smallest absolute Gasteiger partial charge is 0.412 e. The van der Waals surface area contributed by atoms with Crippen LogP contribution in [0.4, 0.5) is 10.5 Å². The van der Waals surface area contributed by atoms with Gasteiger partial charge in [-0.1, -0.05) is 38.1 Å². The van der Waals surface area contributed by atoms with Gasteiger partial charge in [0.15, 0.2) is 0 Å². The maximum Gasteiger partial charge on any atom is 0.412 e. The Bertz CT molecular complexity index is 1050. The number of nitrogens with zero attached hydrogens (tertiary/aromatic N) is 2. The SMILES string of the molecule is C=CC(C)(C)[C@@]12C[C@@H](C(=O)N[C@H](C)C(=O)OC)N(C(=O)OC(C)(C)C)[C@@H]1N(C=O)c1ccccc12. The highest BCUT2D eigenvalue weighted by molar-refractivity contribution is 5.93. The second kappa shape index (κ2) is 9.02.